The zero-order chi connectivity index (χ0) is 29.0. The minimum atomic E-state index is -0.698. The van der Waals surface area contributed by atoms with E-state index in [-0.39, 0.29) is 48.9 Å². The van der Waals surface area contributed by atoms with Crippen molar-refractivity contribution in [3.63, 3.8) is 0 Å². The standard InChI is InChI=1S/C26H29N5O9/c1-38-21-6-5-18(31(36)37)9-17(21)12-30-24-15(8-16(25(34)39-2)10-20(24)28-26(30)35)11-23(33)29(14-22(27)32)13-19-4-3-7-40-19/h5-6,8-10,19H,3-4,7,11-14H2,1-2H3,(H2,27,32)(H,28,35). The van der Waals surface area contributed by atoms with Crippen LogP contribution in [0, 0.1) is 10.1 Å². The van der Waals surface area contributed by atoms with Crippen molar-refractivity contribution >= 4 is 34.5 Å². The van der Waals surface area contributed by atoms with Crippen LogP contribution in [-0.2, 0) is 32.0 Å². The number of H-pyrrole nitrogens is 1. The molecular formula is C26H29N5O9. The smallest absolute Gasteiger partial charge is 0.337 e. The highest BCUT2D eigenvalue weighted by molar-refractivity contribution is 5.96. The van der Waals surface area contributed by atoms with Gasteiger partial charge in [0.2, 0.25) is 11.8 Å². The maximum atomic E-state index is 13.5. The van der Waals surface area contributed by atoms with Gasteiger partial charge >= 0.3 is 11.7 Å². The lowest BCUT2D eigenvalue weighted by Gasteiger charge is -2.24. The monoisotopic (exact) mass is 555 g/mol. The Morgan fingerprint density at radius 1 is 1.23 bits per heavy atom. The summed E-state index contributed by atoms with van der Waals surface area (Å²) in [5.74, 6) is -1.53. The van der Waals surface area contributed by atoms with Crippen molar-refractivity contribution in [2.75, 3.05) is 33.9 Å². The molecule has 1 atom stereocenters. The molecule has 2 amide bonds. The average Bonchev–Trinajstić information content (AvgIpc) is 3.54. The van der Waals surface area contributed by atoms with Gasteiger partial charge in [0.25, 0.3) is 5.69 Å². The Hall–Kier alpha value is -4.72. The van der Waals surface area contributed by atoms with Gasteiger partial charge in [-0.1, -0.05) is 0 Å². The number of nitrogens with zero attached hydrogens (tertiary/aromatic N) is 3. The molecule has 0 aliphatic carbocycles. The Bertz CT molecular complexity index is 1520. The molecule has 3 aromatic rings. The molecule has 1 aliphatic heterocycles. The largest absolute Gasteiger partial charge is 0.496 e. The molecule has 0 spiro atoms. The second-order valence-corrected chi connectivity index (χ2v) is 9.35. The molecule has 1 aliphatic rings. The Balaban J connectivity index is 1.79. The number of primary amides is 1. The van der Waals surface area contributed by atoms with Gasteiger partial charge in [-0.05, 0) is 36.6 Å². The fourth-order valence-corrected chi connectivity index (χ4v) is 4.84. The van der Waals surface area contributed by atoms with Crippen LogP contribution in [0.15, 0.2) is 35.1 Å². The summed E-state index contributed by atoms with van der Waals surface area (Å²) in [6.45, 7) is 0.251. The van der Waals surface area contributed by atoms with Gasteiger partial charge < -0.3 is 29.8 Å². The number of esters is 1. The molecule has 14 heteroatoms. The molecule has 212 valence electrons. The lowest BCUT2D eigenvalue weighted by molar-refractivity contribution is -0.384. The van der Waals surface area contributed by atoms with Crippen LogP contribution >= 0.6 is 0 Å². The molecule has 3 N–H and O–H groups in total. The van der Waals surface area contributed by atoms with E-state index < -0.39 is 28.4 Å². The van der Waals surface area contributed by atoms with E-state index in [1.165, 1.54) is 54.0 Å². The van der Waals surface area contributed by atoms with Crippen LogP contribution in [0.4, 0.5) is 5.69 Å². The molecule has 1 aromatic heterocycles. The predicted molar refractivity (Wildman–Crippen MR) is 141 cm³/mol. The van der Waals surface area contributed by atoms with Crippen molar-refractivity contribution in [2.45, 2.75) is 31.9 Å². The fraction of sp³-hybridized carbons (Fsp3) is 0.385. The van der Waals surface area contributed by atoms with E-state index in [0.29, 0.717) is 29.0 Å². The van der Waals surface area contributed by atoms with Crippen molar-refractivity contribution < 1.29 is 33.5 Å². The summed E-state index contributed by atoms with van der Waals surface area (Å²) in [7, 11) is 2.60. The van der Waals surface area contributed by atoms with Crippen molar-refractivity contribution in [1.82, 2.24) is 14.5 Å². The normalized spacial score (nSPS) is 14.7. The first kappa shape index (κ1) is 28.3. The number of imidazole rings is 1. The van der Waals surface area contributed by atoms with Crippen molar-refractivity contribution in [1.29, 1.82) is 0 Å². The number of aromatic amines is 1. The molecule has 2 aromatic carbocycles. The maximum Gasteiger partial charge on any atom is 0.337 e. The van der Waals surface area contributed by atoms with Crippen molar-refractivity contribution in [3.8, 4) is 5.75 Å². The SMILES string of the molecule is COC(=O)c1cc(CC(=O)N(CC(N)=O)CC2CCCO2)c2c(c1)[nH]c(=O)n2Cc1cc([N+](=O)[O-])ccc1OC. The molecule has 14 nitrogen and oxygen atoms in total. The minimum absolute atomic E-state index is 0.0970. The van der Waals surface area contributed by atoms with E-state index in [2.05, 4.69) is 4.98 Å². The van der Waals surface area contributed by atoms with Crippen LogP contribution < -0.4 is 16.2 Å². The third-order valence-corrected chi connectivity index (χ3v) is 6.66. The lowest BCUT2D eigenvalue weighted by Crippen LogP contribution is -2.43. The number of hydrogen-bond donors (Lipinski definition) is 2. The summed E-state index contributed by atoms with van der Waals surface area (Å²) in [5, 5.41) is 11.4. The number of methoxy groups -OCH3 is 2. The van der Waals surface area contributed by atoms with Crippen LogP contribution in [0.3, 0.4) is 0 Å². The Labute approximate surface area is 227 Å². The molecule has 40 heavy (non-hydrogen) atoms. The highest BCUT2D eigenvalue weighted by Gasteiger charge is 2.26. The van der Waals surface area contributed by atoms with Crippen molar-refractivity contribution in [3.05, 3.63) is 67.6 Å². The fourth-order valence-electron chi connectivity index (χ4n) is 4.84. The van der Waals surface area contributed by atoms with Gasteiger partial charge in [0.15, 0.2) is 0 Å². The highest BCUT2D eigenvalue weighted by atomic mass is 16.6. The number of rotatable bonds is 11. The van der Waals surface area contributed by atoms with Crippen LogP contribution in [0.2, 0.25) is 0 Å². The molecule has 2 heterocycles. The molecule has 1 fully saturated rings. The van der Waals surface area contributed by atoms with Crippen LogP contribution in [0.1, 0.15) is 34.3 Å². The quantitative estimate of drug-likeness (QED) is 0.198. The number of carbonyl (C=O) groups is 3. The molecule has 0 saturated carbocycles. The molecule has 0 bridgehead atoms. The predicted octanol–water partition coefficient (Wildman–Crippen LogP) is 1.12. The van der Waals surface area contributed by atoms with E-state index in [1.807, 2.05) is 0 Å². The van der Waals surface area contributed by atoms with Gasteiger partial charge in [-0.25, -0.2) is 9.59 Å². The molecule has 0 radical (unpaired) electrons. The second kappa shape index (κ2) is 12.0. The number of benzene rings is 2. The van der Waals surface area contributed by atoms with Gasteiger partial charge in [-0.3, -0.25) is 24.3 Å². The van der Waals surface area contributed by atoms with Gasteiger partial charge in [0.05, 0.1) is 61.4 Å². The van der Waals surface area contributed by atoms with E-state index in [4.69, 9.17) is 19.9 Å². The topological polar surface area (TPSA) is 189 Å². The van der Waals surface area contributed by atoms with E-state index in [1.54, 1.807) is 0 Å². The lowest BCUT2D eigenvalue weighted by atomic mass is 10.0. The number of nitro groups is 1. The Kier molecular flexibility index (Phi) is 8.48. The third kappa shape index (κ3) is 6.12. The minimum Gasteiger partial charge on any atom is -0.496 e. The number of nitro benzene ring substituents is 1. The number of hydrogen-bond acceptors (Lipinski definition) is 9. The molecule has 4 rings (SSSR count). The first-order valence-corrected chi connectivity index (χ1v) is 12.4. The number of aromatic nitrogens is 2. The third-order valence-electron chi connectivity index (χ3n) is 6.66. The number of fused-ring (bicyclic) bond motifs is 1. The summed E-state index contributed by atoms with van der Waals surface area (Å²) in [5.41, 5.74) is 5.93. The van der Waals surface area contributed by atoms with Crippen molar-refractivity contribution in [2.24, 2.45) is 5.73 Å². The number of carbonyl (C=O) groups excluding carboxylic acids is 3. The number of nitrogens with two attached hydrogens (primary N) is 1. The first-order valence-electron chi connectivity index (χ1n) is 12.4. The van der Waals surface area contributed by atoms with Crippen LogP contribution in [0.25, 0.3) is 11.0 Å². The summed E-state index contributed by atoms with van der Waals surface area (Å²) < 4.78 is 17.1. The summed E-state index contributed by atoms with van der Waals surface area (Å²) >= 11 is 0. The van der Waals surface area contributed by atoms with Gasteiger partial charge in [0.1, 0.15) is 5.75 Å². The maximum absolute atomic E-state index is 13.5. The van der Waals surface area contributed by atoms with Crippen LogP contribution in [0.5, 0.6) is 5.75 Å². The Morgan fingerprint density at radius 3 is 2.62 bits per heavy atom. The highest BCUT2D eigenvalue weighted by Crippen LogP contribution is 2.27. The molecule has 1 unspecified atom stereocenters. The molecule has 1 saturated heterocycles. The first-order chi connectivity index (χ1) is 19.1. The van der Waals surface area contributed by atoms with Gasteiger partial charge in [-0.2, -0.15) is 0 Å². The average molecular weight is 556 g/mol. The Morgan fingerprint density at radius 2 is 2.00 bits per heavy atom. The molecular weight excluding hydrogens is 526 g/mol. The summed E-state index contributed by atoms with van der Waals surface area (Å²) in [6.07, 6.45) is 1.04. The van der Waals surface area contributed by atoms with Crippen LogP contribution in [-0.4, -0.2) is 77.2 Å². The zero-order valence-electron chi connectivity index (χ0n) is 22.0. The van der Waals surface area contributed by atoms with E-state index in [9.17, 15) is 29.3 Å². The second-order valence-electron chi connectivity index (χ2n) is 9.35. The number of ether oxygens (including phenoxy) is 3. The van der Waals surface area contributed by atoms with Gasteiger partial charge in [-0.15, -0.1) is 0 Å². The van der Waals surface area contributed by atoms with Gasteiger partial charge in [0, 0.05) is 30.8 Å². The zero-order valence-corrected chi connectivity index (χ0v) is 22.0. The van der Waals surface area contributed by atoms with E-state index in [0.717, 1.165) is 12.8 Å². The van der Waals surface area contributed by atoms with E-state index >= 15 is 0 Å². The summed E-state index contributed by atoms with van der Waals surface area (Å²) in [6, 6.07) is 6.88. The number of non-ortho nitro benzene ring substituents is 1. The number of amides is 2. The summed E-state index contributed by atoms with van der Waals surface area (Å²) in [4.78, 5) is 65.5. The number of nitrogens with one attached hydrogen (secondary N) is 1.